The van der Waals surface area contributed by atoms with Crippen molar-refractivity contribution in [3.8, 4) is 0 Å². The van der Waals surface area contributed by atoms with Gasteiger partial charge in [-0.1, -0.05) is 0 Å². The van der Waals surface area contributed by atoms with Gasteiger partial charge in [0.2, 0.25) is 0 Å². The lowest BCUT2D eigenvalue weighted by Crippen LogP contribution is -2.41. The molecule has 74 valence electrons. The van der Waals surface area contributed by atoms with Crippen LogP contribution in [0.2, 0.25) is 0 Å². The molecule has 1 aromatic heterocycles. The Morgan fingerprint density at radius 2 is 2.36 bits per heavy atom. The van der Waals surface area contributed by atoms with Crippen molar-refractivity contribution >= 4 is 23.0 Å². The standard InChI is InChI=1S/C10H13N3S/c14-10(12-8-3-1-4-8)13-9-5-2-6-11-7-9/h2,5-8H,1,3-4H2,(H2,12,13,14). The lowest BCUT2D eigenvalue weighted by Gasteiger charge is -2.27. The smallest absolute Gasteiger partial charge is 0.171 e. The zero-order valence-corrected chi connectivity index (χ0v) is 8.68. The molecule has 2 N–H and O–H groups in total. The van der Waals surface area contributed by atoms with Crippen molar-refractivity contribution in [2.24, 2.45) is 0 Å². The van der Waals surface area contributed by atoms with E-state index in [1.165, 1.54) is 19.3 Å². The highest BCUT2D eigenvalue weighted by Gasteiger charge is 2.17. The van der Waals surface area contributed by atoms with Gasteiger partial charge in [0.15, 0.2) is 5.11 Å². The summed E-state index contributed by atoms with van der Waals surface area (Å²) in [6.45, 7) is 0. The maximum atomic E-state index is 5.16. The Labute approximate surface area is 88.9 Å². The van der Waals surface area contributed by atoms with Crippen LogP contribution in [0.3, 0.4) is 0 Å². The predicted molar refractivity (Wildman–Crippen MR) is 61.2 cm³/mol. The number of anilines is 1. The molecule has 1 aliphatic carbocycles. The van der Waals surface area contributed by atoms with Crippen molar-refractivity contribution in [1.29, 1.82) is 0 Å². The van der Waals surface area contributed by atoms with Gasteiger partial charge >= 0.3 is 0 Å². The summed E-state index contributed by atoms with van der Waals surface area (Å²) in [6.07, 6.45) is 7.28. The van der Waals surface area contributed by atoms with Gasteiger partial charge in [0.25, 0.3) is 0 Å². The van der Waals surface area contributed by atoms with E-state index in [0.717, 1.165) is 5.69 Å². The van der Waals surface area contributed by atoms with Gasteiger partial charge in [-0.15, -0.1) is 0 Å². The minimum Gasteiger partial charge on any atom is -0.360 e. The molecule has 1 saturated carbocycles. The Balaban J connectivity index is 1.82. The maximum Gasteiger partial charge on any atom is 0.171 e. The highest BCUT2D eigenvalue weighted by atomic mass is 32.1. The average molecular weight is 207 g/mol. The third kappa shape index (κ3) is 2.42. The molecular weight excluding hydrogens is 194 g/mol. The first-order valence-electron chi connectivity index (χ1n) is 4.82. The topological polar surface area (TPSA) is 37.0 Å². The summed E-state index contributed by atoms with van der Waals surface area (Å²) in [6, 6.07) is 4.41. The van der Waals surface area contributed by atoms with Gasteiger partial charge in [0, 0.05) is 12.2 Å². The zero-order chi connectivity index (χ0) is 9.80. The average Bonchev–Trinajstić information content (AvgIpc) is 2.13. The van der Waals surface area contributed by atoms with Crippen LogP contribution in [0.15, 0.2) is 24.5 Å². The molecule has 1 aliphatic rings. The molecule has 0 radical (unpaired) electrons. The Hall–Kier alpha value is -1.16. The molecule has 3 nitrogen and oxygen atoms in total. The maximum absolute atomic E-state index is 5.16. The Morgan fingerprint density at radius 1 is 1.50 bits per heavy atom. The fourth-order valence-electron chi connectivity index (χ4n) is 1.34. The van der Waals surface area contributed by atoms with Crippen molar-refractivity contribution in [3.05, 3.63) is 24.5 Å². The highest BCUT2D eigenvalue weighted by Crippen LogP contribution is 2.18. The number of nitrogens with zero attached hydrogens (tertiary/aromatic N) is 1. The van der Waals surface area contributed by atoms with Crippen molar-refractivity contribution in [3.63, 3.8) is 0 Å². The van der Waals surface area contributed by atoms with Crippen LogP contribution >= 0.6 is 12.2 Å². The lowest BCUT2D eigenvalue weighted by molar-refractivity contribution is 0.385. The molecule has 1 heterocycles. The van der Waals surface area contributed by atoms with Gasteiger partial charge in [0.05, 0.1) is 11.9 Å². The first kappa shape index (κ1) is 9.40. The second kappa shape index (κ2) is 4.37. The molecule has 1 aromatic rings. The molecule has 4 heteroatoms. The summed E-state index contributed by atoms with van der Waals surface area (Å²) in [5, 5.41) is 7.05. The lowest BCUT2D eigenvalue weighted by atomic mass is 9.93. The fourth-order valence-corrected chi connectivity index (χ4v) is 1.63. The summed E-state index contributed by atoms with van der Waals surface area (Å²) in [5.41, 5.74) is 0.935. The molecule has 2 rings (SSSR count). The van der Waals surface area contributed by atoms with Crippen LogP contribution in [-0.4, -0.2) is 16.1 Å². The van der Waals surface area contributed by atoms with Crippen LogP contribution in [0.4, 0.5) is 5.69 Å². The number of hydrogen-bond donors (Lipinski definition) is 2. The van der Waals surface area contributed by atoms with Gasteiger partial charge in [-0.25, -0.2) is 0 Å². The third-order valence-electron chi connectivity index (χ3n) is 2.36. The van der Waals surface area contributed by atoms with Crippen molar-refractivity contribution in [2.45, 2.75) is 25.3 Å². The van der Waals surface area contributed by atoms with Crippen LogP contribution in [0.25, 0.3) is 0 Å². The van der Waals surface area contributed by atoms with E-state index in [1.807, 2.05) is 12.1 Å². The summed E-state index contributed by atoms with van der Waals surface area (Å²) < 4.78 is 0. The van der Waals surface area contributed by atoms with Crippen LogP contribution in [-0.2, 0) is 0 Å². The van der Waals surface area contributed by atoms with Crippen LogP contribution < -0.4 is 10.6 Å². The predicted octanol–water partition coefficient (Wildman–Crippen LogP) is 1.92. The first-order chi connectivity index (χ1) is 6.84. The molecule has 0 spiro atoms. The molecule has 0 aromatic carbocycles. The van der Waals surface area contributed by atoms with E-state index < -0.39 is 0 Å². The van der Waals surface area contributed by atoms with Crippen LogP contribution in [0.1, 0.15) is 19.3 Å². The monoisotopic (exact) mass is 207 g/mol. The number of pyridine rings is 1. The number of thiocarbonyl (C=S) groups is 1. The molecule has 1 fully saturated rings. The molecule has 0 saturated heterocycles. The van der Waals surface area contributed by atoms with Gasteiger partial charge < -0.3 is 10.6 Å². The van der Waals surface area contributed by atoms with E-state index in [2.05, 4.69) is 15.6 Å². The van der Waals surface area contributed by atoms with E-state index in [0.29, 0.717) is 11.2 Å². The van der Waals surface area contributed by atoms with Gasteiger partial charge in [-0.05, 0) is 43.6 Å². The minimum absolute atomic E-state index is 0.576. The second-order valence-corrected chi connectivity index (χ2v) is 3.88. The van der Waals surface area contributed by atoms with Gasteiger partial charge in [-0.3, -0.25) is 4.98 Å². The number of hydrogen-bond acceptors (Lipinski definition) is 2. The molecule has 14 heavy (non-hydrogen) atoms. The van der Waals surface area contributed by atoms with Gasteiger partial charge in [0.1, 0.15) is 0 Å². The van der Waals surface area contributed by atoms with E-state index >= 15 is 0 Å². The number of nitrogens with one attached hydrogen (secondary N) is 2. The number of rotatable bonds is 2. The van der Waals surface area contributed by atoms with E-state index in [9.17, 15) is 0 Å². The second-order valence-electron chi connectivity index (χ2n) is 3.47. The molecule has 0 amide bonds. The largest absolute Gasteiger partial charge is 0.360 e. The normalized spacial score (nSPS) is 15.7. The fraction of sp³-hybridized carbons (Fsp3) is 0.400. The van der Waals surface area contributed by atoms with Gasteiger partial charge in [-0.2, -0.15) is 0 Å². The minimum atomic E-state index is 0.576. The van der Waals surface area contributed by atoms with Crippen molar-refractivity contribution in [2.75, 3.05) is 5.32 Å². The SMILES string of the molecule is S=C(Nc1cccnc1)NC1CCC1. The Morgan fingerprint density at radius 3 is 2.93 bits per heavy atom. The van der Waals surface area contributed by atoms with E-state index in [1.54, 1.807) is 12.4 Å². The van der Waals surface area contributed by atoms with Crippen molar-refractivity contribution in [1.82, 2.24) is 10.3 Å². The molecule has 0 bridgehead atoms. The Kier molecular flexibility index (Phi) is 2.93. The number of aromatic nitrogens is 1. The van der Waals surface area contributed by atoms with Crippen LogP contribution in [0.5, 0.6) is 0 Å². The van der Waals surface area contributed by atoms with Crippen molar-refractivity contribution < 1.29 is 0 Å². The molecule has 0 atom stereocenters. The summed E-state index contributed by atoms with van der Waals surface area (Å²) in [7, 11) is 0. The van der Waals surface area contributed by atoms with E-state index in [4.69, 9.17) is 12.2 Å². The summed E-state index contributed by atoms with van der Waals surface area (Å²) >= 11 is 5.16. The highest BCUT2D eigenvalue weighted by molar-refractivity contribution is 7.80. The molecule has 0 unspecified atom stereocenters. The molecular formula is C10H13N3S. The summed E-state index contributed by atoms with van der Waals surface area (Å²) in [5.74, 6) is 0. The third-order valence-corrected chi connectivity index (χ3v) is 2.58. The quantitative estimate of drug-likeness (QED) is 0.726. The Bertz CT molecular complexity index is 308. The van der Waals surface area contributed by atoms with E-state index in [-0.39, 0.29) is 0 Å². The first-order valence-corrected chi connectivity index (χ1v) is 5.23. The molecule has 0 aliphatic heterocycles. The zero-order valence-electron chi connectivity index (χ0n) is 7.86. The summed E-state index contributed by atoms with van der Waals surface area (Å²) in [4.78, 5) is 4.00. The van der Waals surface area contributed by atoms with Crippen LogP contribution in [0, 0.1) is 0 Å².